The molecule has 58 heavy (non-hydrogen) atoms. The lowest BCUT2D eigenvalue weighted by molar-refractivity contribution is -0.302. The Morgan fingerprint density at radius 3 is 1.60 bits per heavy atom. The van der Waals surface area contributed by atoms with Crippen LogP contribution >= 0.6 is 38.2 Å². The lowest BCUT2D eigenvalue weighted by Gasteiger charge is -2.50. The van der Waals surface area contributed by atoms with Crippen LogP contribution in [0.15, 0.2) is 22.5 Å². The number of esters is 2. The Balaban J connectivity index is 0.000000313. The number of fused-ring (bicyclic) bond motifs is 2. The first-order valence-corrected chi connectivity index (χ1v) is 25.2. The van der Waals surface area contributed by atoms with Gasteiger partial charge in [0, 0.05) is 86.3 Å². The zero-order chi connectivity index (χ0) is 42.9. The molecule has 21 heteroatoms. The molecule has 0 radical (unpaired) electrons. The van der Waals surface area contributed by atoms with Crippen LogP contribution < -0.4 is 5.11 Å². The van der Waals surface area contributed by atoms with Crippen LogP contribution in [-0.4, -0.2) is 116 Å². The van der Waals surface area contributed by atoms with Crippen LogP contribution in [0.25, 0.3) is 0 Å². The van der Waals surface area contributed by atoms with Gasteiger partial charge in [-0.2, -0.15) is 0 Å². The molecule has 15 nitrogen and oxygen atoms in total. The second-order valence-electron chi connectivity index (χ2n) is 13.8. The molecule has 4 aliphatic heterocycles. The highest BCUT2D eigenvalue weighted by atomic mass is 32.4. The lowest BCUT2D eigenvalue weighted by atomic mass is 9.89. The Bertz CT molecular complexity index is 1720. The first-order valence-electron chi connectivity index (χ1n) is 18.9. The van der Waals surface area contributed by atoms with Crippen molar-refractivity contribution in [2.75, 3.05) is 37.0 Å². The third kappa shape index (κ3) is 13.8. The maximum atomic E-state index is 12.5. The zero-order valence-electron chi connectivity index (χ0n) is 32.3. The highest BCUT2D eigenvalue weighted by molar-refractivity contribution is 8.00. The van der Waals surface area contributed by atoms with Gasteiger partial charge in [-0.15, -0.1) is 23.5 Å². The second-order valence-corrected chi connectivity index (χ2v) is 19.0. The quantitative estimate of drug-likeness (QED) is 0.0597. The number of nitrogens with zero attached hydrogens (tertiary/aromatic N) is 2. The normalized spacial score (nSPS) is 20.9. The Morgan fingerprint density at radius 2 is 1.16 bits per heavy atom. The maximum Gasteiger partial charge on any atom is 0.352 e. The van der Waals surface area contributed by atoms with Crippen molar-refractivity contribution in [1.29, 1.82) is 0 Å². The minimum atomic E-state index is -1.50. The van der Waals surface area contributed by atoms with Crippen molar-refractivity contribution in [3.63, 3.8) is 0 Å². The number of carboxylic acid groups (broad SMARTS) is 2. The topological polar surface area (TPSA) is 222 Å². The minimum Gasteiger partial charge on any atom is -0.543 e. The van der Waals surface area contributed by atoms with E-state index < -0.39 is 47.0 Å². The summed E-state index contributed by atoms with van der Waals surface area (Å²) in [5.74, 6) is -4.75. The number of ether oxygens (including phenoxy) is 2. The van der Waals surface area contributed by atoms with Crippen molar-refractivity contribution in [2.24, 2.45) is 11.8 Å². The number of ketones is 3. The Labute approximate surface area is 358 Å². The number of carbonyl (C=O) groups excluding carboxylic acids is 8. The van der Waals surface area contributed by atoms with Crippen LogP contribution in [0.5, 0.6) is 0 Å². The standard InChI is InChI=1S/C20H26NO7PS2.C17H22NO6PS2/c1-2-4-14(23)9-15-18(25)21-17(20(26)27)12(11-31-19(15)21)10-28-16(24)6-3-5-13(22)7-8-29-30;1-2-4-11(19)7-12-15(21)18-14(17(22)23)10(9-27-16(12)18)8-24-13(20)5-3-6-25-26/h15,19H,2-11H2,1H3,(H,26,27);12,16H,2-9H2,1H3,(H,22,23)/p-1. The molecule has 2 saturated heterocycles. The van der Waals surface area contributed by atoms with E-state index in [4.69, 9.17) is 33.1 Å². The first kappa shape index (κ1) is 49.4. The summed E-state index contributed by atoms with van der Waals surface area (Å²) in [5, 5.41) is 20.5. The van der Waals surface area contributed by atoms with Gasteiger partial charge < -0.3 is 24.5 Å². The molecule has 0 aromatic carbocycles. The Kier molecular flexibility index (Phi) is 21.3. The number of hydrogen-bond donors (Lipinski definition) is 1. The van der Waals surface area contributed by atoms with Crippen molar-refractivity contribution < 1.29 is 62.8 Å². The number of β-lactam (4-membered cyclic amide) rings is 2. The van der Waals surface area contributed by atoms with Crippen LogP contribution in [0, 0.1) is 11.8 Å². The smallest absolute Gasteiger partial charge is 0.352 e. The number of thioether (sulfide) groups is 2. The monoisotopic (exact) mass is 917 g/mol. The average molecular weight is 918 g/mol. The van der Waals surface area contributed by atoms with Gasteiger partial charge in [-0.25, -0.2) is 4.79 Å². The fraction of sp³-hybridized carbons (Fsp3) is 0.649. The van der Waals surface area contributed by atoms with E-state index in [-0.39, 0.29) is 91.1 Å². The van der Waals surface area contributed by atoms with Gasteiger partial charge >= 0.3 is 17.9 Å². The molecule has 2 fully saturated rings. The molecule has 0 aromatic heterocycles. The van der Waals surface area contributed by atoms with E-state index in [1.54, 1.807) is 0 Å². The van der Waals surface area contributed by atoms with E-state index in [1.165, 1.54) is 28.4 Å². The number of Topliss-reactive ketones (excluding diaryl/α,β-unsaturated/α-hetero) is 3. The van der Waals surface area contributed by atoms with E-state index in [1.807, 2.05) is 13.8 Å². The lowest BCUT2D eigenvalue weighted by Crippen LogP contribution is -2.63. The van der Waals surface area contributed by atoms with E-state index in [0.29, 0.717) is 61.6 Å². The van der Waals surface area contributed by atoms with Crippen LogP contribution in [0.3, 0.4) is 0 Å². The molecule has 4 unspecified atom stereocenters. The minimum absolute atomic E-state index is 0.0120. The van der Waals surface area contributed by atoms with Crippen LogP contribution in [0.4, 0.5) is 0 Å². The molecular weight excluding hydrogens is 871 g/mol. The molecule has 4 aliphatic rings. The van der Waals surface area contributed by atoms with Gasteiger partial charge in [-0.1, -0.05) is 37.5 Å². The summed E-state index contributed by atoms with van der Waals surface area (Å²) in [6.07, 6.45) is 5.79. The van der Waals surface area contributed by atoms with E-state index in [0.717, 1.165) is 32.2 Å². The fourth-order valence-electron chi connectivity index (χ4n) is 6.59. The molecule has 4 heterocycles. The van der Waals surface area contributed by atoms with Crippen LogP contribution in [-0.2, 0) is 76.2 Å². The van der Waals surface area contributed by atoms with Crippen molar-refractivity contribution in [3.8, 4) is 0 Å². The largest absolute Gasteiger partial charge is 0.543 e. The van der Waals surface area contributed by atoms with E-state index in [9.17, 15) is 53.4 Å². The molecule has 4 rings (SSSR count). The molecule has 0 aliphatic carbocycles. The zero-order valence-corrected chi connectivity index (χ0v) is 37.4. The van der Waals surface area contributed by atoms with E-state index in [2.05, 4.69) is 0 Å². The molecule has 0 bridgehead atoms. The number of hydrogen-bond acceptors (Lipinski definition) is 16. The van der Waals surface area contributed by atoms with Gasteiger partial charge in [-0.05, 0) is 40.4 Å². The summed E-state index contributed by atoms with van der Waals surface area (Å²) in [4.78, 5) is 110. The molecule has 2 amide bonds. The summed E-state index contributed by atoms with van der Waals surface area (Å²) in [6, 6.07) is 0. The molecule has 0 spiro atoms. The van der Waals surface area contributed by atoms with Crippen molar-refractivity contribution in [2.45, 2.75) is 102 Å². The third-order valence-corrected chi connectivity index (χ3v) is 14.2. The summed E-state index contributed by atoms with van der Waals surface area (Å²) in [5.41, 5.74) is 0.325. The third-order valence-electron chi connectivity index (χ3n) is 9.43. The highest BCUT2D eigenvalue weighted by Crippen LogP contribution is 2.46. The molecular formula is C37H47N2O13P2S4-. The summed E-state index contributed by atoms with van der Waals surface area (Å²) < 4.78 is 10.3. The van der Waals surface area contributed by atoms with Gasteiger partial charge in [0.1, 0.15) is 36.3 Å². The van der Waals surface area contributed by atoms with Crippen molar-refractivity contribution >= 4 is 115 Å². The first-order chi connectivity index (χ1) is 27.7. The highest BCUT2D eigenvalue weighted by Gasteiger charge is 2.54. The van der Waals surface area contributed by atoms with Gasteiger partial charge in [-0.3, -0.25) is 43.4 Å². The number of carboxylic acids is 2. The van der Waals surface area contributed by atoms with Crippen LogP contribution in [0.1, 0.15) is 90.9 Å². The number of amides is 2. The summed E-state index contributed by atoms with van der Waals surface area (Å²) in [6.45, 7) is 3.38. The second kappa shape index (κ2) is 25.0. The molecule has 318 valence electrons. The van der Waals surface area contributed by atoms with Gasteiger partial charge in [0.25, 0.3) is 0 Å². The molecule has 0 saturated carbocycles. The van der Waals surface area contributed by atoms with Crippen LogP contribution in [0.2, 0.25) is 0 Å². The van der Waals surface area contributed by atoms with Gasteiger partial charge in [0.2, 0.25) is 11.8 Å². The van der Waals surface area contributed by atoms with Gasteiger partial charge in [0.05, 0.1) is 34.2 Å². The SMILES string of the molecule is CCCC(=O)CC1C(=O)N2C(C(=O)O)=C(COC(=O)CCCP=S)CSC12.CCCC(=O)CC1C(=O)N2C(C(=O)[O-])=C(COC(=O)CCCC(=O)CCP=S)CSC12. The summed E-state index contributed by atoms with van der Waals surface area (Å²) >= 11 is 12.3. The predicted molar refractivity (Wildman–Crippen MR) is 222 cm³/mol. The number of aliphatic carboxylic acids is 2. The predicted octanol–water partition coefficient (Wildman–Crippen LogP) is 3.71. The maximum absolute atomic E-state index is 12.5. The fourth-order valence-corrected chi connectivity index (χ4v) is 10.7. The molecule has 0 aromatic rings. The summed E-state index contributed by atoms with van der Waals surface area (Å²) in [7, 11) is 1.54. The number of carbonyl (C=O) groups is 9. The Morgan fingerprint density at radius 1 is 0.690 bits per heavy atom. The van der Waals surface area contributed by atoms with Gasteiger partial charge in [0.15, 0.2) is 0 Å². The van der Waals surface area contributed by atoms with Crippen molar-refractivity contribution in [3.05, 3.63) is 22.5 Å². The molecule has 1 N–H and O–H groups in total. The van der Waals surface area contributed by atoms with E-state index >= 15 is 0 Å². The van der Waals surface area contributed by atoms with Crippen molar-refractivity contribution in [1.82, 2.24) is 9.80 Å². The average Bonchev–Trinajstić information content (AvgIpc) is 3.19. The molecule has 4 atom stereocenters. The Hall–Kier alpha value is -2.95. The number of rotatable bonds is 25.